The number of aromatic nitrogens is 4. The predicted molar refractivity (Wildman–Crippen MR) is 117 cm³/mol. The molecule has 9 heteroatoms. The highest BCUT2D eigenvalue weighted by molar-refractivity contribution is 5.94. The van der Waals surface area contributed by atoms with E-state index in [9.17, 15) is 10.1 Å². The van der Waals surface area contributed by atoms with Crippen LogP contribution in [0.5, 0.6) is 0 Å². The Morgan fingerprint density at radius 3 is 2.60 bits per heavy atom. The SMILES string of the molecule is CC(C)N1CCN(c2ccc3nc(-c4n[nH]c5cc([N+](=O)[O-])ccc45)[nH]c3c2)CC1. The lowest BCUT2D eigenvalue weighted by Gasteiger charge is -2.38. The van der Waals surface area contributed by atoms with E-state index in [1.807, 2.05) is 6.07 Å². The van der Waals surface area contributed by atoms with Gasteiger partial charge in [-0.1, -0.05) is 0 Å². The number of rotatable bonds is 4. The number of hydrogen-bond acceptors (Lipinski definition) is 6. The zero-order valence-corrected chi connectivity index (χ0v) is 16.9. The Bertz CT molecular complexity index is 1230. The first-order chi connectivity index (χ1) is 14.5. The number of non-ortho nitro benzene ring substituents is 1. The van der Waals surface area contributed by atoms with Gasteiger partial charge in [0.2, 0.25) is 0 Å². The molecule has 0 spiro atoms. The minimum Gasteiger partial charge on any atom is -0.369 e. The van der Waals surface area contributed by atoms with Crippen LogP contribution in [0.25, 0.3) is 33.5 Å². The normalized spacial score (nSPS) is 15.5. The fourth-order valence-electron chi connectivity index (χ4n) is 4.10. The molecule has 0 aliphatic carbocycles. The second-order valence-electron chi connectivity index (χ2n) is 7.96. The van der Waals surface area contributed by atoms with Gasteiger partial charge in [0.05, 0.1) is 21.5 Å². The molecule has 0 radical (unpaired) electrons. The van der Waals surface area contributed by atoms with Gasteiger partial charge in [-0.05, 0) is 38.1 Å². The molecule has 1 saturated heterocycles. The standard InChI is InChI=1S/C21H23N7O2/c1-13(2)26-7-9-27(10-8-26)14-4-6-17-19(11-14)23-21(22-17)20-16-5-3-15(28(29)30)12-18(16)24-25-20/h3-6,11-13H,7-10H2,1-2H3,(H,22,23)(H,24,25). The van der Waals surface area contributed by atoms with Crippen molar-refractivity contribution in [3.63, 3.8) is 0 Å². The third-order valence-electron chi connectivity index (χ3n) is 5.86. The summed E-state index contributed by atoms with van der Waals surface area (Å²) in [5.74, 6) is 0.645. The van der Waals surface area contributed by atoms with Crippen molar-refractivity contribution < 1.29 is 4.92 Å². The molecule has 5 rings (SSSR count). The number of aromatic amines is 2. The molecule has 154 valence electrons. The topological polar surface area (TPSA) is 107 Å². The molecular formula is C21H23N7O2. The number of H-pyrrole nitrogens is 2. The van der Waals surface area contributed by atoms with Crippen molar-refractivity contribution in [2.75, 3.05) is 31.1 Å². The molecule has 2 aromatic heterocycles. The average molecular weight is 405 g/mol. The molecule has 1 aliphatic rings. The van der Waals surface area contributed by atoms with Crippen LogP contribution < -0.4 is 4.90 Å². The van der Waals surface area contributed by atoms with E-state index in [1.54, 1.807) is 6.07 Å². The van der Waals surface area contributed by atoms with Gasteiger partial charge in [-0.3, -0.25) is 20.1 Å². The zero-order valence-electron chi connectivity index (χ0n) is 16.9. The summed E-state index contributed by atoms with van der Waals surface area (Å²) < 4.78 is 0. The van der Waals surface area contributed by atoms with Crippen LogP contribution in [0.3, 0.4) is 0 Å². The number of hydrogen-bond donors (Lipinski definition) is 2. The summed E-state index contributed by atoms with van der Waals surface area (Å²) in [7, 11) is 0. The van der Waals surface area contributed by atoms with Gasteiger partial charge < -0.3 is 9.88 Å². The Balaban J connectivity index is 1.45. The van der Waals surface area contributed by atoms with Crippen LogP contribution in [0.4, 0.5) is 11.4 Å². The second kappa shape index (κ2) is 7.10. The molecule has 2 N–H and O–H groups in total. The Morgan fingerprint density at radius 2 is 1.87 bits per heavy atom. The quantitative estimate of drug-likeness (QED) is 0.397. The number of nitro benzene ring substituents is 1. The van der Waals surface area contributed by atoms with E-state index in [-0.39, 0.29) is 5.69 Å². The first-order valence-electron chi connectivity index (χ1n) is 10.1. The minimum absolute atomic E-state index is 0.0320. The lowest BCUT2D eigenvalue weighted by molar-refractivity contribution is -0.384. The Labute approximate surface area is 172 Å². The smallest absolute Gasteiger partial charge is 0.271 e. The van der Waals surface area contributed by atoms with E-state index in [4.69, 9.17) is 0 Å². The van der Waals surface area contributed by atoms with Gasteiger partial charge in [0.15, 0.2) is 5.82 Å². The average Bonchev–Trinajstić information content (AvgIpc) is 3.36. The number of piperazine rings is 1. The number of anilines is 1. The van der Waals surface area contributed by atoms with Crippen molar-refractivity contribution in [1.29, 1.82) is 0 Å². The number of nitrogens with one attached hydrogen (secondary N) is 2. The molecule has 2 aromatic carbocycles. The molecule has 0 atom stereocenters. The van der Waals surface area contributed by atoms with Crippen molar-refractivity contribution in [3.05, 3.63) is 46.5 Å². The molecule has 3 heterocycles. The maximum atomic E-state index is 11.0. The van der Waals surface area contributed by atoms with E-state index >= 15 is 0 Å². The number of imidazole rings is 1. The molecule has 30 heavy (non-hydrogen) atoms. The predicted octanol–water partition coefficient (Wildman–Crippen LogP) is 3.54. The Hall–Kier alpha value is -3.46. The first-order valence-corrected chi connectivity index (χ1v) is 10.1. The number of fused-ring (bicyclic) bond motifs is 2. The van der Waals surface area contributed by atoms with Gasteiger partial charge in [-0.25, -0.2) is 4.98 Å². The van der Waals surface area contributed by atoms with Crippen LogP contribution in [0.1, 0.15) is 13.8 Å². The molecule has 1 fully saturated rings. The lowest BCUT2D eigenvalue weighted by atomic mass is 10.2. The van der Waals surface area contributed by atoms with E-state index in [1.165, 1.54) is 17.8 Å². The molecule has 4 aromatic rings. The summed E-state index contributed by atoms with van der Waals surface area (Å²) in [5.41, 5.74) is 4.30. The fourth-order valence-corrected chi connectivity index (χ4v) is 4.10. The second-order valence-corrected chi connectivity index (χ2v) is 7.96. The summed E-state index contributed by atoms with van der Waals surface area (Å²) in [6.07, 6.45) is 0. The van der Waals surface area contributed by atoms with Crippen LogP contribution in [-0.2, 0) is 0 Å². The Morgan fingerprint density at radius 1 is 1.07 bits per heavy atom. The summed E-state index contributed by atoms with van der Waals surface area (Å²) in [5, 5.41) is 19.0. The highest BCUT2D eigenvalue weighted by Crippen LogP contribution is 2.30. The molecular weight excluding hydrogens is 382 g/mol. The molecule has 0 unspecified atom stereocenters. The molecule has 0 bridgehead atoms. The molecule has 0 saturated carbocycles. The summed E-state index contributed by atoms with van der Waals surface area (Å²) >= 11 is 0. The number of nitrogens with zero attached hydrogens (tertiary/aromatic N) is 5. The van der Waals surface area contributed by atoms with Gasteiger partial charge in [0, 0.05) is 55.4 Å². The van der Waals surface area contributed by atoms with Gasteiger partial charge in [0.25, 0.3) is 5.69 Å². The maximum Gasteiger partial charge on any atom is 0.271 e. The minimum atomic E-state index is -0.413. The fraction of sp³-hybridized carbons (Fsp3) is 0.333. The highest BCUT2D eigenvalue weighted by Gasteiger charge is 2.20. The largest absolute Gasteiger partial charge is 0.369 e. The summed E-state index contributed by atoms with van der Waals surface area (Å²) in [6.45, 7) is 8.63. The van der Waals surface area contributed by atoms with Crippen molar-refractivity contribution in [1.82, 2.24) is 25.1 Å². The lowest BCUT2D eigenvalue weighted by Crippen LogP contribution is -2.48. The first kappa shape index (κ1) is 18.6. The van der Waals surface area contributed by atoms with Crippen LogP contribution in [0.15, 0.2) is 36.4 Å². The van der Waals surface area contributed by atoms with Gasteiger partial charge in [-0.2, -0.15) is 5.10 Å². The summed E-state index contributed by atoms with van der Waals surface area (Å²) in [6, 6.07) is 11.5. The van der Waals surface area contributed by atoms with Crippen molar-refractivity contribution in [2.45, 2.75) is 19.9 Å². The third-order valence-corrected chi connectivity index (χ3v) is 5.86. The Kier molecular flexibility index (Phi) is 4.39. The van der Waals surface area contributed by atoms with Crippen LogP contribution in [-0.4, -0.2) is 62.2 Å². The molecule has 0 amide bonds. The molecule has 9 nitrogen and oxygen atoms in total. The maximum absolute atomic E-state index is 11.0. The van der Waals surface area contributed by atoms with Crippen molar-refractivity contribution in [2.24, 2.45) is 0 Å². The van der Waals surface area contributed by atoms with Crippen molar-refractivity contribution in [3.8, 4) is 11.5 Å². The van der Waals surface area contributed by atoms with Crippen LogP contribution in [0.2, 0.25) is 0 Å². The van der Waals surface area contributed by atoms with E-state index in [0.29, 0.717) is 23.1 Å². The zero-order chi connectivity index (χ0) is 20.8. The van der Waals surface area contributed by atoms with Crippen molar-refractivity contribution >= 4 is 33.3 Å². The van der Waals surface area contributed by atoms with Gasteiger partial charge in [0.1, 0.15) is 5.69 Å². The van der Waals surface area contributed by atoms with E-state index in [0.717, 1.165) is 42.6 Å². The third kappa shape index (κ3) is 3.17. The highest BCUT2D eigenvalue weighted by atomic mass is 16.6. The molecule has 1 aliphatic heterocycles. The van der Waals surface area contributed by atoms with Gasteiger partial charge >= 0.3 is 0 Å². The van der Waals surface area contributed by atoms with Gasteiger partial charge in [-0.15, -0.1) is 0 Å². The number of nitro groups is 1. The van der Waals surface area contributed by atoms with E-state index < -0.39 is 4.92 Å². The van der Waals surface area contributed by atoms with Crippen LogP contribution in [0, 0.1) is 10.1 Å². The summed E-state index contributed by atoms with van der Waals surface area (Å²) in [4.78, 5) is 23.5. The van der Waals surface area contributed by atoms with E-state index in [2.05, 4.69) is 55.9 Å². The monoisotopic (exact) mass is 405 g/mol. The number of benzene rings is 2. The van der Waals surface area contributed by atoms with Crippen LogP contribution >= 0.6 is 0 Å².